The zero-order chi connectivity index (χ0) is 18.2. The summed E-state index contributed by atoms with van der Waals surface area (Å²) in [6.45, 7) is 7.50. The second-order valence-electron chi connectivity index (χ2n) is 6.56. The Hall–Kier alpha value is -2.06. The number of amides is 1. The Balaban J connectivity index is 1.38. The first-order valence-corrected chi connectivity index (χ1v) is 9.32. The molecule has 0 radical (unpaired) electrons. The zero-order valence-corrected chi connectivity index (χ0v) is 15.5. The van der Waals surface area contributed by atoms with Crippen molar-refractivity contribution in [3.63, 3.8) is 0 Å². The molecule has 2 fully saturated rings. The van der Waals surface area contributed by atoms with E-state index in [0.717, 1.165) is 50.9 Å². The van der Waals surface area contributed by atoms with Crippen molar-refractivity contribution in [2.24, 2.45) is 4.99 Å². The van der Waals surface area contributed by atoms with E-state index < -0.39 is 0 Å². The van der Waals surface area contributed by atoms with Crippen LogP contribution in [0.15, 0.2) is 27.8 Å². The predicted octanol–water partition coefficient (Wildman–Crippen LogP) is -0.126. The molecule has 0 aliphatic carbocycles. The van der Waals surface area contributed by atoms with Crippen molar-refractivity contribution in [2.75, 3.05) is 72.6 Å². The summed E-state index contributed by atoms with van der Waals surface area (Å²) in [5.74, 6) is 2.10. The summed E-state index contributed by atoms with van der Waals surface area (Å²) in [5.41, 5.74) is 0. The second kappa shape index (κ2) is 9.59. The fourth-order valence-electron chi connectivity index (χ4n) is 3.31. The van der Waals surface area contributed by atoms with Crippen LogP contribution in [0.3, 0.4) is 0 Å². The molecule has 2 saturated heterocycles. The van der Waals surface area contributed by atoms with E-state index in [-0.39, 0.29) is 5.91 Å². The molecule has 0 unspecified atom stereocenters. The van der Waals surface area contributed by atoms with Crippen LogP contribution in [0.25, 0.3) is 0 Å². The first kappa shape index (κ1) is 18.7. The molecule has 1 aromatic heterocycles. The van der Waals surface area contributed by atoms with Crippen LogP contribution in [0.5, 0.6) is 0 Å². The molecule has 8 nitrogen and oxygen atoms in total. The molecule has 3 rings (SSSR count). The van der Waals surface area contributed by atoms with Crippen LogP contribution in [-0.2, 0) is 16.0 Å². The lowest BCUT2D eigenvalue weighted by atomic mass is 10.3. The molecule has 1 aromatic rings. The van der Waals surface area contributed by atoms with Gasteiger partial charge < -0.3 is 24.3 Å². The van der Waals surface area contributed by atoms with Gasteiger partial charge in [0.15, 0.2) is 5.96 Å². The largest absolute Gasteiger partial charge is 0.469 e. The topological polar surface area (TPSA) is 73.6 Å². The summed E-state index contributed by atoms with van der Waals surface area (Å²) >= 11 is 0. The maximum Gasteiger partial charge on any atom is 0.236 e. The number of carbonyl (C=O) groups is 1. The highest BCUT2D eigenvalue weighted by Crippen LogP contribution is 2.05. The number of hydrogen-bond donors (Lipinski definition) is 1. The molecule has 144 valence electrons. The third kappa shape index (κ3) is 5.22. The lowest BCUT2D eigenvalue weighted by Crippen LogP contribution is -2.55. The first-order valence-electron chi connectivity index (χ1n) is 9.32. The summed E-state index contributed by atoms with van der Waals surface area (Å²) in [7, 11) is 1.81. The number of piperazine rings is 1. The van der Waals surface area contributed by atoms with Gasteiger partial charge in [-0.1, -0.05) is 0 Å². The second-order valence-corrected chi connectivity index (χ2v) is 6.56. The van der Waals surface area contributed by atoms with Crippen LogP contribution in [0.1, 0.15) is 5.76 Å². The summed E-state index contributed by atoms with van der Waals surface area (Å²) in [5, 5.41) is 3.39. The summed E-state index contributed by atoms with van der Waals surface area (Å²) in [4.78, 5) is 23.1. The van der Waals surface area contributed by atoms with Gasteiger partial charge in [-0.15, -0.1) is 0 Å². The number of guanidine groups is 1. The number of ether oxygens (including phenoxy) is 1. The molecule has 1 N–H and O–H groups in total. The van der Waals surface area contributed by atoms with Gasteiger partial charge in [0.25, 0.3) is 0 Å². The SMILES string of the molecule is CN=C(NCCc1ccco1)N1CCN(CC(=O)N2CCOCC2)CC1. The molecule has 0 aromatic carbocycles. The van der Waals surface area contributed by atoms with Crippen molar-refractivity contribution in [1.29, 1.82) is 0 Å². The monoisotopic (exact) mass is 363 g/mol. The first-order chi connectivity index (χ1) is 12.8. The standard InChI is InChI=1S/C18H29N5O3/c1-19-18(20-5-4-16-3-2-12-26-16)23-8-6-21(7-9-23)15-17(24)22-10-13-25-14-11-22/h2-3,12H,4-11,13-15H2,1H3,(H,19,20). The minimum Gasteiger partial charge on any atom is -0.469 e. The van der Waals surface area contributed by atoms with Crippen molar-refractivity contribution in [2.45, 2.75) is 6.42 Å². The van der Waals surface area contributed by atoms with Crippen LogP contribution in [0.4, 0.5) is 0 Å². The van der Waals surface area contributed by atoms with E-state index in [0.29, 0.717) is 32.8 Å². The highest BCUT2D eigenvalue weighted by molar-refractivity contribution is 5.80. The number of morpholine rings is 1. The molecule has 26 heavy (non-hydrogen) atoms. The van der Waals surface area contributed by atoms with Crippen LogP contribution >= 0.6 is 0 Å². The van der Waals surface area contributed by atoms with Crippen molar-refractivity contribution in [3.8, 4) is 0 Å². The minimum atomic E-state index is 0.211. The number of rotatable bonds is 5. The number of furan rings is 1. The fourth-order valence-corrected chi connectivity index (χ4v) is 3.31. The highest BCUT2D eigenvalue weighted by atomic mass is 16.5. The Morgan fingerprint density at radius 1 is 1.15 bits per heavy atom. The van der Waals surface area contributed by atoms with E-state index >= 15 is 0 Å². The molecule has 1 amide bonds. The minimum absolute atomic E-state index is 0.211. The average Bonchev–Trinajstić information content (AvgIpc) is 3.20. The van der Waals surface area contributed by atoms with E-state index in [2.05, 4.69) is 20.1 Å². The van der Waals surface area contributed by atoms with E-state index in [9.17, 15) is 4.79 Å². The Morgan fingerprint density at radius 3 is 2.58 bits per heavy atom. The lowest BCUT2D eigenvalue weighted by Gasteiger charge is -2.37. The third-order valence-electron chi connectivity index (χ3n) is 4.84. The Kier molecular flexibility index (Phi) is 6.90. The van der Waals surface area contributed by atoms with Crippen LogP contribution in [-0.4, -0.2) is 99.2 Å². The van der Waals surface area contributed by atoms with Gasteiger partial charge in [-0.25, -0.2) is 0 Å². The zero-order valence-electron chi connectivity index (χ0n) is 15.5. The van der Waals surface area contributed by atoms with Crippen LogP contribution in [0, 0.1) is 0 Å². The van der Waals surface area contributed by atoms with Gasteiger partial charge in [0, 0.05) is 59.3 Å². The summed E-state index contributed by atoms with van der Waals surface area (Å²) in [6, 6.07) is 3.89. The predicted molar refractivity (Wildman–Crippen MR) is 99.2 cm³/mol. The van der Waals surface area contributed by atoms with Gasteiger partial charge in [0.05, 0.1) is 26.0 Å². The van der Waals surface area contributed by atoms with E-state index in [4.69, 9.17) is 9.15 Å². The number of nitrogens with one attached hydrogen (secondary N) is 1. The Bertz CT molecular complexity index is 576. The highest BCUT2D eigenvalue weighted by Gasteiger charge is 2.24. The summed E-state index contributed by atoms with van der Waals surface area (Å²) in [6.07, 6.45) is 2.53. The molecule has 8 heteroatoms. The molecular formula is C18H29N5O3. The smallest absolute Gasteiger partial charge is 0.236 e. The normalized spacial score (nSPS) is 19.7. The summed E-state index contributed by atoms with van der Waals surface area (Å²) < 4.78 is 10.7. The molecule has 0 spiro atoms. The van der Waals surface area contributed by atoms with Crippen molar-refractivity contribution in [3.05, 3.63) is 24.2 Å². The maximum absolute atomic E-state index is 12.4. The molecule has 3 heterocycles. The lowest BCUT2D eigenvalue weighted by molar-refractivity contribution is -0.136. The van der Waals surface area contributed by atoms with Crippen molar-refractivity contribution >= 4 is 11.9 Å². The molecule has 2 aliphatic heterocycles. The Morgan fingerprint density at radius 2 is 1.92 bits per heavy atom. The molecule has 0 atom stereocenters. The Labute approximate surface area is 154 Å². The van der Waals surface area contributed by atoms with E-state index in [1.807, 2.05) is 24.1 Å². The number of nitrogens with zero attached hydrogens (tertiary/aromatic N) is 4. The molecular weight excluding hydrogens is 334 g/mol. The molecule has 0 saturated carbocycles. The molecule has 2 aliphatic rings. The van der Waals surface area contributed by atoms with Gasteiger partial charge in [-0.05, 0) is 12.1 Å². The number of aliphatic imine (C=N–C) groups is 1. The van der Waals surface area contributed by atoms with Crippen molar-refractivity contribution in [1.82, 2.24) is 20.0 Å². The van der Waals surface area contributed by atoms with Gasteiger partial charge >= 0.3 is 0 Å². The van der Waals surface area contributed by atoms with Crippen LogP contribution < -0.4 is 5.32 Å². The third-order valence-corrected chi connectivity index (χ3v) is 4.84. The number of carbonyl (C=O) groups excluding carboxylic acids is 1. The quantitative estimate of drug-likeness (QED) is 0.581. The van der Waals surface area contributed by atoms with Gasteiger partial charge in [-0.3, -0.25) is 14.7 Å². The number of hydrogen-bond acceptors (Lipinski definition) is 5. The average molecular weight is 363 g/mol. The van der Waals surface area contributed by atoms with Gasteiger partial charge in [0.1, 0.15) is 5.76 Å². The van der Waals surface area contributed by atoms with Crippen molar-refractivity contribution < 1.29 is 13.9 Å². The van der Waals surface area contributed by atoms with Gasteiger partial charge in [-0.2, -0.15) is 0 Å². The van der Waals surface area contributed by atoms with E-state index in [1.54, 1.807) is 6.26 Å². The van der Waals surface area contributed by atoms with Gasteiger partial charge in [0.2, 0.25) is 5.91 Å². The maximum atomic E-state index is 12.4. The van der Waals surface area contributed by atoms with E-state index in [1.165, 1.54) is 0 Å². The molecule has 0 bridgehead atoms. The van der Waals surface area contributed by atoms with Crippen LogP contribution in [0.2, 0.25) is 0 Å². The fraction of sp³-hybridized carbons (Fsp3) is 0.667.